The Morgan fingerprint density at radius 2 is 2.21 bits per heavy atom. The van der Waals surface area contributed by atoms with Crippen LogP contribution in [0.4, 0.5) is 10.1 Å². The number of anilines is 1. The van der Waals surface area contributed by atoms with Gasteiger partial charge in [-0.05, 0) is 25.0 Å². The van der Waals surface area contributed by atoms with Crippen molar-refractivity contribution in [3.05, 3.63) is 29.6 Å². The van der Waals surface area contributed by atoms with E-state index in [0.29, 0.717) is 11.6 Å². The van der Waals surface area contributed by atoms with Crippen LogP contribution in [0.1, 0.15) is 18.4 Å². The van der Waals surface area contributed by atoms with E-state index >= 15 is 0 Å². The zero-order valence-electron chi connectivity index (χ0n) is 8.13. The van der Waals surface area contributed by atoms with E-state index in [1.54, 1.807) is 6.07 Å². The molecule has 1 nitrogen and oxygen atoms in total. The molecule has 3 heteroatoms. The second kappa shape index (κ2) is 3.77. The zero-order valence-corrected chi connectivity index (χ0v) is 8.89. The van der Waals surface area contributed by atoms with Crippen molar-refractivity contribution in [2.45, 2.75) is 24.8 Å². The molecule has 1 fully saturated rings. The highest BCUT2D eigenvalue weighted by Crippen LogP contribution is 2.33. The number of alkyl halides is 1. The first kappa shape index (κ1) is 9.78. The van der Waals surface area contributed by atoms with Crippen LogP contribution in [-0.4, -0.2) is 13.1 Å². The Morgan fingerprint density at radius 3 is 2.79 bits per heavy atom. The molecule has 1 saturated carbocycles. The number of hydrogen-bond donors (Lipinski definition) is 0. The van der Waals surface area contributed by atoms with Gasteiger partial charge in [-0.1, -0.05) is 6.07 Å². The number of hydrogen-bond acceptors (Lipinski definition) is 1. The molecule has 1 aliphatic carbocycles. The summed E-state index contributed by atoms with van der Waals surface area (Å²) in [7, 11) is 2.00. The van der Waals surface area contributed by atoms with E-state index in [0.717, 1.165) is 5.69 Å². The van der Waals surface area contributed by atoms with Gasteiger partial charge in [0.1, 0.15) is 5.82 Å². The molecule has 0 radical (unpaired) electrons. The molecule has 0 heterocycles. The predicted molar refractivity (Wildman–Crippen MR) is 57.4 cm³/mol. The van der Waals surface area contributed by atoms with Crippen LogP contribution in [0.25, 0.3) is 0 Å². The Hall–Kier alpha value is -0.760. The fourth-order valence-electron chi connectivity index (χ4n) is 1.67. The summed E-state index contributed by atoms with van der Waals surface area (Å²) in [5.74, 6) is 0.0315. The fourth-order valence-corrected chi connectivity index (χ4v) is 1.93. The quantitative estimate of drug-likeness (QED) is 0.698. The molecule has 0 saturated heterocycles. The first-order chi connectivity index (χ1) is 6.74. The van der Waals surface area contributed by atoms with Crippen molar-refractivity contribution in [2.24, 2.45) is 0 Å². The highest BCUT2D eigenvalue weighted by atomic mass is 35.5. The summed E-state index contributed by atoms with van der Waals surface area (Å²) in [4.78, 5) is 2.13. The van der Waals surface area contributed by atoms with Crippen molar-refractivity contribution in [1.82, 2.24) is 0 Å². The molecule has 2 rings (SSSR count). The van der Waals surface area contributed by atoms with Gasteiger partial charge >= 0.3 is 0 Å². The summed E-state index contributed by atoms with van der Waals surface area (Å²) in [6.07, 6.45) is 2.41. The van der Waals surface area contributed by atoms with E-state index in [1.165, 1.54) is 18.9 Å². The van der Waals surface area contributed by atoms with Crippen LogP contribution in [0, 0.1) is 5.82 Å². The maximum absolute atomic E-state index is 13.4. The summed E-state index contributed by atoms with van der Waals surface area (Å²) in [5.41, 5.74) is 1.55. The molecule has 76 valence electrons. The van der Waals surface area contributed by atoms with Gasteiger partial charge in [-0.2, -0.15) is 0 Å². The van der Waals surface area contributed by atoms with Crippen molar-refractivity contribution < 1.29 is 4.39 Å². The first-order valence-electron chi connectivity index (χ1n) is 4.80. The first-order valence-corrected chi connectivity index (χ1v) is 5.33. The van der Waals surface area contributed by atoms with Crippen molar-refractivity contribution in [1.29, 1.82) is 0 Å². The van der Waals surface area contributed by atoms with E-state index in [9.17, 15) is 4.39 Å². The van der Waals surface area contributed by atoms with E-state index < -0.39 is 0 Å². The third-order valence-electron chi connectivity index (χ3n) is 2.70. The van der Waals surface area contributed by atoms with E-state index in [-0.39, 0.29) is 11.7 Å². The Morgan fingerprint density at radius 1 is 1.50 bits per heavy atom. The molecule has 0 N–H and O–H groups in total. The van der Waals surface area contributed by atoms with Crippen LogP contribution in [-0.2, 0) is 5.88 Å². The number of rotatable bonds is 3. The lowest BCUT2D eigenvalue weighted by Crippen LogP contribution is -2.21. The number of halogens is 2. The molecule has 14 heavy (non-hydrogen) atoms. The molecule has 0 amide bonds. The second-order valence-corrected chi connectivity index (χ2v) is 3.98. The molecule has 1 aliphatic rings. The summed E-state index contributed by atoms with van der Waals surface area (Å²) < 4.78 is 13.4. The topological polar surface area (TPSA) is 3.24 Å². The minimum Gasteiger partial charge on any atom is -0.371 e. The maximum Gasteiger partial charge on any atom is 0.129 e. The van der Waals surface area contributed by atoms with E-state index in [2.05, 4.69) is 4.90 Å². The SMILES string of the molecule is CN(c1cccc(F)c1CCl)C1CC1. The third-order valence-corrected chi connectivity index (χ3v) is 2.97. The standard InChI is InChI=1S/C11H13ClFN/c1-14(8-5-6-8)11-4-2-3-10(13)9(11)7-12/h2-4,8H,5-7H2,1H3. The molecule has 0 aromatic heterocycles. The summed E-state index contributed by atoms with van der Waals surface area (Å²) in [6, 6.07) is 5.71. The van der Waals surface area contributed by atoms with Crippen LogP contribution in [0.3, 0.4) is 0 Å². The van der Waals surface area contributed by atoms with Gasteiger partial charge in [0.15, 0.2) is 0 Å². The largest absolute Gasteiger partial charge is 0.371 e. The average Bonchev–Trinajstić information content (AvgIpc) is 2.99. The van der Waals surface area contributed by atoms with Gasteiger partial charge < -0.3 is 4.90 Å². The van der Waals surface area contributed by atoms with Crippen LogP contribution in [0.2, 0.25) is 0 Å². The van der Waals surface area contributed by atoms with Crippen molar-refractivity contribution in [3.8, 4) is 0 Å². The van der Waals surface area contributed by atoms with Gasteiger partial charge in [0, 0.05) is 24.3 Å². The Labute approximate surface area is 88.5 Å². The Kier molecular flexibility index (Phi) is 2.64. The molecule has 0 atom stereocenters. The summed E-state index contributed by atoms with van der Waals surface area (Å²) in [6.45, 7) is 0. The minimum absolute atomic E-state index is 0.204. The normalized spacial score (nSPS) is 15.6. The smallest absolute Gasteiger partial charge is 0.129 e. The molecule has 1 aromatic carbocycles. The zero-order chi connectivity index (χ0) is 10.1. The van der Waals surface area contributed by atoms with Gasteiger partial charge in [0.25, 0.3) is 0 Å². The van der Waals surface area contributed by atoms with Crippen LogP contribution in [0.5, 0.6) is 0 Å². The van der Waals surface area contributed by atoms with Gasteiger partial charge in [-0.15, -0.1) is 11.6 Å². The number of benzene rings is 1. The summed E-state index contributed by atoms with van der Waals surface area (Å²) in [5, 5.41) is 0. The van der Waals surface area contributed by atoms with Gasteiger partial charge in [-0.25, -0.2) is 4.39 Å². The Bertz CT molecular complexity index is 336. The van der Waals surface area contributed by atoms with Crippen molar-refractivity contribution >= 4 is 17.3 Å². The fraction of sp³-hybridized carbons (Fsp3) is 0.455. The van der Waals surface area contributed by atoms with Crippen molar-refractivity contribution in [2.75, 3.05) is 11.9 Å². The maximum atomic E-state index is 13.4. The second-order valence-electron chi connectivity index (χ2n) is 3.71. The minimum atomic E-state index is -0.204. The lowest BCUT2D eigenvalue weighted by Gasteiger charge is -2.21. The Balaban J connectivity index is 2.35. The van der Waals surface area contributed by atoms with Crippen LogP contribution >= 0.6 is 11.6 Å². The molecular formula is C11H13ClFN. The summed E-state index contributed by atoms with van der Waals surface area (Å²) >= 11 is 5.74. The van der Waals surface area contributed by atoms with E-state index in [4.69, 9.17) is 11.6 Å². The highest BCUT2D eigenvalue weighted by Gasteiger charge is 2.27. The predicted octanol–water partition coefficient (Wildman–Crippen LogP) is 3.16. The monoisotopic (exact) mass is 213 g/mol. The molecule has 0 aliphatic heterocycles. The van der Waals surface area contributed by atoms with Gasteiger partial charge in [-0.3, -0.25) is 0 Å². The molecule has 1 aromatic rings. The van der Waals surface area contributed by atoms with Gasteiger partial charge in [0.2, 0.25) is 0 Å². The van der Waals surface area contributed by atoms with E-state index in [1.807, 2.05) is 13.1 Å². The lowest BCUT2D eigenvalue weighted by molar-refractivity contribution is 0.616. The third kappa shape index (κ3) is 1.71. The van der Waals surface area contributed by atoms with Crippen LogP contribution < -0.4 is 4.90 Å². The lowest BCUT2D eigenvalue weighted by atomic mass is 10.1. The number of nitrogens with zero attached hydrogens (tertiary/aromatic N) is 1. The van der Waals surface area contributed by atoms with Crippen LogP contribution in [0.15, 0.2) is 18.2 Å². The molecule has 0 spiro atoms. The highest BCUT2D eigenvalue weighted by molar-refractivity contribution is 6.17. The molecule has 0 bridgehead atoms. The average molecular weight is 214 g/mol. The van der Waals surface area contributed by atoms with Gasteiger partial charge in [0.05, 0.1) is 5.88 Å². The van der Waals surface area contributed by atoms with Crippen molar-refractivity contribution in [3.63, 3.8) is 0 Å². The molecular weight excluding hydrogens is 201 g/mol. The molecule has 0 unspecified atom stereocenters.